The van der Waals surface area contributed by atoms with E-state index in [1.54, 1.807) is 35.8 Å². The first-order valence-electron chi connectivity index (χ1n) is 12.9. The molecule has 0 saturated heterocycles. The maximum atomic E-state index is 13.7. The second-order valence-corrected chi connectivity index (χ2v) is 9.13. The highest BCUT2D eigenvalue weighted by molar-refractivity contribution is 6.53. The Kier molecular flexibility index (Phi) is 9.53. The highest BCUT2D eigenvalue weighted by Gasteiger charge is 2.39. The number of H-pyrrole nitrogens is 1. The average Bonchev–Trinajstić information content (AvgIpc) is 3.05. The molecule has 0 aliphatic carbocycles. The Balaban J connectivity index is 1.83. The fourth-order valence-corrected chi connectivity index (χ4v) is 4.21. The van der Waals surface area contributed by atoms with Crippen LogP contribution < -0.4 is 22.0 Å². The number of amides is 3. The monoisotopic (exact) mass is 612 g/mol. The molecule has 5 N–H and O–H groups in total. The zero-order valence-electron chi connectivity index (χ0n) is 23.7. The Bertz CT molecular complexity index is 1940. The molecule has 15 nitrogen and oxygen atoms in total. The summed E-state index contributed by atoms with van der Waals surface area (Å²) in [7, 11) is 2.05. The van der Waals surface area contributed by atoms with E-state index in [0.29, 0.717) is 5.56 Å². The van der Waals surface area contributed by atoms with Crippen molar-refractivity contribution in [1.29, 1.82) is 0 Å². The number of hydrogen-bond acceptors (Lipinski definition) is 11. The number of methoxy groups -OCH3 is 2. The predicted octanol–water partition coefficient (Wildman–Crippen LogP) is 1.43. The number of aromatic amines is 1. The maximum absolute atomic E-state index is 13.7. The van der Waals surface area contributed by atoms with Crippen LogP contribution in [0.1, 0.15) is 37.9 Å². The molecule has 45 heavy (non-hydrogen) atoms. The minimum absolute atomic E-state index is 0.0653. The molecule has 0 spiro atoms. The molecule has 0 aliphatic rings. The van der Waals surface area contributed by atoms with E-state index >= 15 is 0 Å². The Labute approximate surface area is 253 Å². The summed E-state index contributed by atoms with van der Waals surface area (Å²) in [5.74, 6) is -7.45. The molecule has 228 valence electrons. The fourth-order valence-electron chi connectivity index (χ4n) is 4.21. The number of anilines is 1. The topological polar surface area (TPSA) is 229 Å². The third-order valence-corrected chi connectivity index (χ3v) is 6.31. The van der Waals surface area contributed by atoms with Crippen molar-refractivity contribution >= 4 is 57.9 Å². The number of ketones is 2. The number of fused-ring (bicyclic) bond motifs is 1. The van der Waals surface area contributed by atoms with Crippen molar-refractivity contribution in [3.05, 3.63) is 106 Å². The van der Waals surface area contributed by atoms with Gasteiger partial charge in [0.25, 0.3) is 11.5 Å². The number of nitrogens with zero attached hydrogens (tertiary/aromatic N) is 2. The highest BCUT2D eigenvalue weighted by Crippen LogP contribution is 2.22. The molecule has 3 aromatic carbocycles. The number of ether oxygens (including phenoxy) is 2. The van der Waals surface area contributed by atoms with E-state index in [2.05, 4.69) is 25.1 Å². The van der Waals surface area contributed by atoms with Gasteiger partial charge in [-0.2, -0.15) is 5.10 Å². The normalized spacial score (nSPS) is 11.6. The average molecular weight is 613 g/mol. The van der Waals surface area contributed by atoms with Gasteiger partial charge in [-0.3, -0.25) is 19.2 Å². The van der Waals surface area contributed by atoms with Crippen LogP contribution in [0.25, 0.3) is 11.0 Å². The van der Waals surface area contributed by atoms with Crippen molar-refractivity contribution in [2.75, 3.05) is 19.5 Å². The van der Waals surface area contributed by atoms with Crippen LogP contribution in [0.5, 0.6) is 0 Å². The van der Waals surface area contributed by atoms with Crippen LogP contribution in [0.4, 0.5) is 10.5 Å². The first kappa shape index (κ1) is 31.4. The first-order chi connectivity index (χ1) is 21.5. The van der Waals surface area contributed by atoms with E-state index in [0.717, 1.165) is 14.2 Å². The minimum atomic E-state index is -2.15. The molecule has 0 fully saturated rings. The standard InChI is InChI=1S/C30H24N6O9/c1-44-28(41)17-10-6-7-11-18(17)33-27(40)25(38)21(23(29(42)45-2)35-36-30(31)43)22-26(39)34-20-14-16(12-13-19(20)32-22)24(37)15-8-4-3-5-9-15/h3-14,21H,1-2H3,(H,33,40)(H,34,39)(H3,31,36,43). The number of hydrazone groups is 1. The molecular formula is C30H24N6O9. The molecule has 0 radical (unpaired) electrons. The third-order valence-electron chi connectivity index (χ3n) is 6.31. The lowest BCUT2D eigenvalue weighted by atomic mass is 9.93. The summed E-state index contributed by atoms with van der Waals surface area (Å²) in [4.78, 5) is 96.3. The molecule has 0 saturated carbocycles. The number of Topliss-reactive ketones (excluding diaryl/α,β-unsaturated/α-hetero) is 1. The number of hydrogen-bond donors (Lipinski definition) is 4. The number of nitrogens with two attached hydrogens (primary N) is 1. The molecule has 1 atom stereocenters. The Morgan fingerprint density at radius 1 is 0.889 bits per heavy atom. The van der Waals surface area contributed by atoms with Gasteiger partial charge < -0.3 is 25.5 Å². The zero-order chi connectivity index (χ0) is 32.7. The number of carbonyl (C=O) groups excluding carboxylic acids is 6. The second kappa shape index (κ2) is 13.6. The predicted molar refractivity (Wildman–Crippen MR) is 159 cm³/mol. The molecule has 4 rings (SSSR count). The van der Waals surface area contributed by atoms with Crippen molar-refractivity contribution in [2.45, 2.75) is 5.92 Å². The Morgan fingerprint density at radius 3 is 2.24 bits per heavy atom. The van der Waals surface area contributed by atoms with Crippen LogP contribution in [-0.2, 0) is 23.9 Å². The Morgan fingerprint density at radius 2 is 1.58 bits per heavy atom. The number of urea groups is 1. The van der Waals surface area contributed by atoms with Gasteiger partial charge in [-0.15, -0.1) is 0 Å². The van der Waals surface area contributed by atoms with Gasteiger partial charge in [-0.25, -0.2) is 24.8 Å². The summed E-state index contributed by atoms with van der Waals surface area (Å²) < 4.78 is 9.38. The van der Waals surface area contributed by atoms with Gasteiger partial charge >= 0.3 is 18.0 Å². The molecule has 15 heteroatoms. The lowest BCUT2D eigenvalue weighted by Crippen LogP contribution is -2.41. The van der Waals surface area contributed by atoms with Gasteiger partial charge in [0.15, 0.2) is 11.5 Å². The van der Waals surface area contributed by atoms with Gasteiger partial charge in [-0.1, -0.05) is 42.5 Å². The lowest BCUT2D eigenvalue weighted by molar-refractivity contribution is -0.136. The van der Waals surface area contributed by atoms with E-state index in [4.69, 9.17) is 10.5 Å². The molecule has 0 aliphatic heterocycles. The van der Waals surface area contributed by atoms with Gasteiger partial charge in [0.2, 0.25) is 5.78 Å². The number of aromatic nitrogens is 2. The molecule has 1 unspecified atom stereocenters. The molecular weight excluding hydrogens is 588 g/mol. The second-order valence-electron chi connectivity index (χ2n) is 9.13. The van der Waals surface area contributed by atoms with E-state index < -0.39 is 52.5 Å². The van der Waals surface area contributed by atoms with E-state index in [1.165, 1.54) is 42.5 Å². The highest BCUT2D eigenvalue weighted by atomic mass is 16.5. The maximum Gasteiger partial charge on any atom is 0.355 e. The summed E-state index contributed by atoms with van der Waals surface area (Å²) >= 11 is 0. The first-order valence-corrected chi connectivity index (χ1v) is 12.9. The van der Waals surface area contributed by atoms with E-state index in [9.17, 15) is 33.6 Å². The summed E-state index contributed by atoms with van der Waals surface area (Å²) in [6.45, 7) is 0. The van der Waals surface area contributed by atoms with E-state index in [-0.39, 0.29) is 33.6 Å². The Hall–Kier alpha value is -6.51. The third kappa shape index (κ3) is 6.94. The van der Waals surface area contributed by atoms with Crippen LogP contribution in [0.15, 0.2) is 82.7 Å². The van der Waals surface area contributed by atoms with Crippen molar-refractivity contribution in [3.63, 3.8) is 0 Å². The number of esters is 2. The molecule has 1 aromatic heterocycles. The van der Waals surface area contributed by atoms with Gasteiger partial charge in [0.05, 0.1) is 36.5 Å². The summed E-state index contributed by atoms with van der Waals surface area (Å²) in [5, 5.41) is 5.80. The van der Waals surface area contributed by atoms with Crippen molar-refractivity contribution in [2.24, 2.45) is 10.8 Å². The summed E-state index contributed by atoms with van der Waals surface area (Å²) in [6, 6.07) is 16.9. The SMILES string of the molecule is COC(=O)C(=NNC(N)=O)C(C(=O)C(=O)Nc1ccccc1C(=O)OC)c1nc2ccc(C(=O)c3ccccc3)cc2[nH]c1=O. The van der Waals surface area contributed by atoms with Crippen molar-refractivity contribution < 1.29 is 38.2 Å². The van der Waals surface area contributed by atoms with Crippen LogP contribution in [0.2, 0.25) is 0 Å². The van der Waals surface area contributed by atoms with Crippen LogP contribution in [0.3, 0.4) is 0 Å². The molecule has 4 aromatic rings. The van der Waals surface area contributed by atoms with Gasteiger partial charge in [0, 0.05) is 11.1 Å². The van der Waals surface area contributed by atoms with Crippen LogP contribution in [0, 0.1) is 0 Å². The smallest absolute Gasteiger partial charge is 0.355 e. The van der Waals surface area contributed by atoms with Gasteiger partial charge in [-0.05, 0) is 30.3 Å². The number of primary amides is 1. The van der Waals surface area contributed by atoms with Crippen LogP contribution in [-0.4, -0.2) is 65.3 Å². The van der Waals surface area contributed by atoms with Crippen molar-refractivity contribution in [1.82, 2.24) is 15.4 Å². The molecule has 0 bridgehead atoms. The number of para-hydroxylation sites is 1. The van der Waals surface area contributed by atoms with E-state index in [1.807, 2.05) is 0 Å². The minimum Gasteiger partial charge on any atom is -0.465 e. The number of benzene rings is 3. The van der Waals surface area contributed by atoms with Gasteiger partial charge in [0.1, 0.15) is 11.6 Å². The molecule has 1 heterocycles. The lowest BCUT2D eigenvalue weighted by Gasteiger charge is -2.17. The number of carbonyl (C=O) groups is 6. The molecule has 3 amide bonds. The fraction of sp³-hybridized carbons (Fsp3) is 0.100. The summed E-state index contributed by atoms with van der Waals surface area (Å²) in [5.41, 5.74) is 4.79. The number of rotatable bonds is 10. The largest absolute Gasteiger partial charge is 0.465 e. The van der Waals surface area contributed by atoms with Crippen molar-refractivity contribution in [3.8, 4) is 0 Å². The zero-order valence-corrected chi connectivity index (χ0v) is 23.7. The quantitative estimate of drug-likeness (QED) is 0.0662. The van der Waals surface area contributed by atoms with Crippen LogP contribution >= 0.6 is 0 Å². The summed E-state index contributed by atoms with van der Waals surface area (Å²) in [6.07, 6.45) is 0. The number of nitrogens with one attached hydrogen (secondary N) is 3.